The third kappa shape index (κ3) is 6.65. The minimum atomic E-state index is -2.39. The molecule has 0 aliphatic heterocycles. The quantitative estimate of drug-likeness (QED) is 0.732. The van der Waals surface area contributed by atoms with Crippen LogP contribution in [0.2, 0.25) is 0 Å². The normalized spacial score (nSPS) is 11.6. The molecule has 1 heterocycles. The van der Waals surface area contributed by atoms with Crippen molar-refractivity contribution in [1.29, 1.82) is 0 Å². The van der Waals surface area contributed by atoms with Crippen molar-refractivity contribution in [2.75, 3.05) is 13.2 Å². The highest BCUT2D eigenvalue weighted by molar-refractivity contribution is 7.09. The van der Waals surface area contributed by atoms with Crippen molar-refractivity contribution >= 4 is 11.3 Å². The fourth-order valence-corrected chi connectivity index (χ4v) is 1.96. The molecule has 0 radical (unpaired) electrons. The number of hydrogen-bond donors (Lipinski definition) is 1. The van der Waals surface area contributed by atoms with Crippen LogP contribution in [0.1, 0.15) is 24.5 Å². The largest absolute Gasteiger partial charge is 0.375 e. The second-order valence-electron chi connectivity index (χ2n) is 3.98. The van der Waals surface area contributed by atoms with E-state index in [2.05, 4.69) is 24.1 Å². The van der Waals surface area contributed by atoms with Gasteiger partial charge in [-0.05, 0) is 0 Å². The zero-order chi connectivity index (χ0) is 12.7. The molecule has 0 atom stereocenters. The topological polar surface area (TPSA) is 34.1 Å². The number of ether oxygens (including phenoxy) is 1. The fourth-order valence-electron chi connectivity index (χ4n) is 1.19. The van der Waals surface area contributed by atoms with Crippen LogP contribution < -0.4 is 5.32 Å². The summed E-state index contributed by atoms with van der Waals surface area (Å²) < 4.78 is 28.4. The summed E-state index contributed by atoms with van der Waals surface area (Å²) >= 11 is 1.54. The third-order valence-corrected chi connectivity index (χ3v) is 2.95. The minimum absolute atomic E-state index is 0.300. The van der Waals surface area contributed by atoms with Crippen LogP contribution in [-0.4, -0.2) is 30.7 Å². The molecule has 0 saturated carbocycles. The van der Waals surface area contributed by atoms with Gasteiger partial charge in [-0.2, -0.15) is 0 Å². The van der Waals surface area contributed by atoms with Gasteiger partial charge in [-0.25, -0.2) is 13.8 Å². The molecule has 1 N–H and O–H groups in total. The molecule has 6 heteroatoms. The first kappa shape index (κ1) is 14.5. The summed E-state index contributed by atoms with van der Waals surface area (Å²) in [6.45, 7) is 4.70. The van der Waals surface area contributed by atoms with Gasteiger partial charge in [0.2, 0.25) is 0 Å². The Balaban J connectivity index is 2.21. The first-order chi connectivity index (χ1) is 8.08. The van der Waals surface area contributed by atoms with Crippen molar-refractivity contribution in [3.05, 3.63) is 16.1 Å². The average Bonchev–Trinajstić information content (AvgIpc) is 2.69. The number of halogens is 2. The van der Waals surface area contributed by atoms with Crippen LogP contribution in [0.25, 0.3) is 0 Å². The van der Waals surface area contributed by atoms with E-state index < -0.39 is 13.0 Å². The molecular formula is C11H18F2N2OS. The van der Waals surface area contributed by atoms with Crippen LogP contribution in [0.4, 0.5) is 8.78 Å². The highest BCUT2D eigenvalue weighted by Crippen LogP contribution is 2.10. The van der Waals surface area contributed by atoms with Gasteiger partial charge in [0.25, 0.3) is 6.43 Å². The van der Waals surface area contributed by atoms with E-state index in [1.54, 1.807) is 11.3 Å². The van der Waals surface area contributed by atoms with E-state index >= 15 is 0 Å². The molecule has 0 aromatic carbocycles. The van der Waals surface area contributed by atoms with E-state index in [0.717, 1.165) is 17.2 Å². The molecule has 0 saturated heterocycles. The monoisotopic (exact) mass is 264 g/mol. The Kier molecular flexibility index (Phi) is 6.54. The maximum absolute atomic E-state index is 11.8. The maximum Gasteiger partial charge on any atom is 0.261 e. The Labute approximate surface area is 104 Å². The van der Waals surface area contributed by atoms with Crippen LogP contribution in [0.15, 0.2) is 5.38 Å². The molecule has 0 aliphatic carbocycles. The lowest BCUT2D eigenvalue weighted by Crippen LogP contribution is -2.21. The number of nitrogens with one attached hydrogen (secondary N) is 1. The standard InChI is InChI=1S/C11H18F2N2OS/c1-8(2)14-5-9-7-17-11(15-9)3-4-16-6-10(12)13/h7-8,10,14H,3-6H2,1-2H3. The second-order valence-corrected chi connectivity index (χ2v) is 4.93. The number of alkyl halides is 2. The molecule has 0 bridgehead atoms. The lowest BCUT2D eigenvalue weighted by molar-refractivity contribution is 0.0187. The molecule has 1 aromatic rings. The molecular weight excluding hydrogens is 246 g/mol. The molecule has 0 fully saturated rings. The Bertz CT molecular complexity index is 318. The molecule has 0 amide bonds. The van der Waals surface area contributed by atoms with Crippen LogP contribution in [0, 0.1) is 0 Å². The summed E-state index contributed by atoms with van der Waals surface area (Å²) in [5.41, 5.74) is 0.993. The lowest BCUT2D eigenvalue weighted by Gasteiger charge is -2.04. The van der Waals surface area contributed by atoms with Gasteiger partial charge < -0.3 is 10.1 Å². The third-order valence-electron chi connectivity index (χ3n) is 1.99. The maximum atomic E-state index is 11.8. The fraction of sp³-hybridized carbons (Fsp3) is 0.727. The van der Waals surface area contributed by atoms with Crippen molar-refractivity contribution in [2.24, 2.45) is 0 Å². The van der Waals surface area contributed by atoms with Gasteiger partial charge in [-0.1, -0.05) is 13.8 Å². The van der Waals surface area contributed by atoms with Crippen LogP contribution in [0.5, 0.6) is 0 Å². The van der Waals surface area contributed by atoms with Gasteiger partial charge in [-0.15, -0.1) is 11.3 Å². The lowest BCUT2D eigenvalue weighted by atomic mass is 10.3. The number of rotatable bonds is 8. The van der Waals surface area contributed by atoms with E-state index in [1.165, 1.54) is 0 Å². The van der Waals surface area contributed by atoms with Gasteiger partial charge in [0.15, 0.2) is 0 Å². The van der Waals surface area contributed by atoms with Crippen molar-refractivity contribution in [3.8, 4) is 0 Å². The molecule has 0 unspecified atom stereocenters. The molecule has 1 rings (SSSR count). The predicted molar refractivity (Wildman–Crippen MR) is 64.6 cm³/mol. The smallest absolute Gasteiger partial charge is 0.261 e. The Morgan fingerprint density at radius 1 is 1.47 bits per heavy atom. The van der Waals surface area contributed by atoms with E-state index in [-0.39, 0.29) is 0 Å². The molecule has 0 aliphatic rings. The van der Waals surface area contributed by atoms with Crippen LogP contribution in [-0.2, 0) is 17.7 Å². The first-order valence-corrected chi connectivity index (χ1v) is 6.48. The minimum Gasteiger partial charge on any atom is -0.375 e. The molecule has 98 valence electrons. The molecule has 17 heavy (non-hydrogen) atoms. The molecule has 1 aromatic heterocycles. The van der Waals surface area contributed by atoms with Gasteiger partial charge in [0.05, 0.1) is 17.3 Å². The highest BCUT2D eigenvalue weighted by Gasteiger charge is 2.05. The average molecular weight is 264 g/mol. The van der Waals surface area contributed by atoms with E-state index in [1.807, 2.05) is 5.38 Å². The Morgan fingerprint density at radius 2 is 2.24 bits per heavy atom. The summed E-state index contributed by atoms with van der Waals surface area (Å²) in [6, 6.07) is 0.425. The zero-order valence-corrected chi connectivity index (χ0v) is 10.9. The van der Waals surface area contributed by atoms with E-state index in [9.17, 15) is 8.78 Å². The van der Waals surface area contributed by atoms with Crippen molar-refractivity contribution in [3.63, 3.8) is 0 Å². The summed E-state index contributed by atoms with van der Waals surface area (Å²) in [7, 11) is 0. The van der Waals surface area contributed by atoms with Gasteiger partial charge in [-0.3, -0.25) is 0 Å². The number of hydrogen-bond acceptors (Lipinski definition) is 4. The van der Waals surface area contributed by atoms with Crippen LogP contribution >= 0.6 is 11.3 Å². The Morgan fingerprint density at radius 3 is 2.88 bits per heavy atom. The number of aromatic nitrogens is 1. The SMILES string of the molecule is CC(C)NCc1csc(CCOCC(F)F)n1. The Hall–Kier alpha value is -0.590. The highest BCUT2D eigenvalue weighted by atomic mass is 32.1. The van der Waals surface area contributed by atoms with Crippen molar-refractivity contribution < 1.29 is 13.5 Å². The van der Waals surface area contributed by atoms with Gasteiger partial charge in [0, 0.05) is 24.4 Å². The molecule has 0 spiro atoms. The zero-order valence-electron chi connectivity index (χ0n) is 10.1. The van der Waals surface area contributed by atoms with Crippen LogP contribution in [0.3, 0.4) is 0 Å². The summed E-state index contributed by atoms with van der Waals surface area (Å²) in [4.78, 5) is 4.39. The summed E-state index contributed by atoms with van der Waals surface area (Å²) in [5, 5.41) is 6.19. The first-order valence-electron chi connectivity index (χ1n) is 5.60. The van der Waals surface area contributed by atoms with E-state index in [4.69, 9.17) is 4.74 Å². The second kappa shape index (κ2) is 7.68. The van der Waals surface area contributed by atoms with Gasteiger partial charge >= 0.3 is 0 Å². The summed E-state index contributed by atoms with van der Waals surface area (Å²) in [5.74, 6) is 0. The predicted octanol–water partition coefficient (Wildman–Crippen LogP) is 2.47. The number of thiazole rings is 1. The van der Waals surface area contributed by atoms with Crippen molar-refractivity contribution in [2.45, 2.75) is 39.3 Å². The van der Waals surface area contributed by atoms with Gasteiger partial charge in [0.1, 0.15) is 6.61 Å². The number of nitrogens with zero attached hydrogens (tertiary/aromatic N) is 1. The van der Waals surface area contributed by atoms with E-state index in [0.29, 0.717) is 19.1 Å². The molecule has 3 nitrogen and oxygen atoms in total. The summed E-state index contributed by atoms with van der Waals surface area (Å²) in [6.07, 6.45) is -1.80. The van der Waals surface area contributed by atoms with Crippen molar-refractivity contribution in [1.82, 2.24) is 10.3 Å².